The lowest BCUT2D eigenvalue weighted by Gasteiger charge is -2.35. The summed E-state index contributed by atoms with van der Waals surface area (Å²) in [4.78, 5) is 11.5. The van der Waals surface area contributed by atoms with E-state index in [0.29, 0.717) is 19.4 Å². The van der Waals surface area contributed by atoms with Crippen LogP contribution in [0.15, 0.2) is 11.1 Å². The highest BCUT2D eigenvalue weighted by Gasteiger charge is 2.39. The first-order chi connectivity index (χ1) is 8.21. The van der Waals surface area contributed by atoms with Crippen molar-refractivity contribution in [2.24, 2.45) is 0 Å². The van der Waals surface area contributed by atoms with Gasteiger partial charge in [-0.1, -0.05) is 12.8 Å². The summed E-state index contributed by atoms with van der Waals surface area (Å²) >= 11 is 0. The van der Waals surface area contributed by atoms with Gasteiger partial charge >= 0.3 is 5.97 Å². The van der Waals surface area contributed by atoms with Gasteiger partial charge in [0.05, 0.1) is 19.3 Å². The number of methoxy groups -OCH3 is 1. The molecule has 1 spiro atoms. The Morgan fingerprint density at radius 3 is 2.76 bits per heavy atom. The Balaban J connectivity index is 2.23. The van der Waals surface area contributed by atoms with E-state index < -0.39 is 5.97 Å². The van der Waals surface area contributed by atoms with Gasteiger partial charge in [-0.05, 0) is 31.3 Å². The molecule has 0 unspecified atom stereocenters. The van der Waals surface area contributed by atoms with Crippen LogP contribution in [0.3, 0.4) is 0 Å². The molecule has 2 aliphatic rings. The number of hydrogen-bond donors (Lipinski definition) is 0. The topological polar surface area (TPSA) is 59.3 Å². The van der Waals surface area contributed by atoms with Gasteiger partial charge in [0.1, 0.15) is 11.6 Å². The summed E-state index contributed by atoms with van der Waals surface area (Å²) in [6.07, 6.45) is 5.80. The quantitative estimate of drug-likeness (QED) is 0.397. The molecule has 0 N–H and O–H groups in total. The van der Waals surface area contributed by atoms with E-state index in [1.54, 1.807) is 0 Å². The number of hydrogen-bond acceptors (Lipinski definition) is 4. The molecular formula is C13H17NO3. The Morgan fingerprint density at radius 2 is 2.18 bits per heavy atom. The van der Waals surface area contributed by atoms with Crippen molar-refractivity contribution in [3.8, 4) is 6.07 Å². The molecule has 0 amide bonds. The number of rotatable bonds is 1. The summed E-state index contributed by atoms with van der Waals surface area (Å²) in [6.45, 7) is 0.609. The first-order valence-corrected chi connectivity index (χ1v) is 6.05. The third-order valence-corrected chi connectivity index (χ3v) is 3.72. The van der Waals surface area contributed by atoms with Crippen LogP contribution in [0.1, 0.15) is 38.5 Å². The number of esters is 1. The van der Waals surface area contributed by atoms with Crippen molar-refractivity contribution in [3.05, 3.63) is 11.1 Å². The van der Waals surface area contributed by atoms with Crippen LogP contribution >= 0.6 is 0 Å². The van der Waals surface area contributed by atoms with Crippen LogP contribution in [0.5, 0.6) is 0 Å². The smallest absolute Gasteiger partial charge is 0.348 e. The zero-order chi connectivity index (χ0) is 12.3. The molecule has 1 saturated carbocycles. The van der Waals surface area contributed by atoms with Crippen molar-refractivity contribution < 1.29 is 14.3 Å². The minimum Gasteiger partial charge on any atom is -0.465 e. The Labute approximate surface area is 101 Å². The highest BCUT2D eigenvalue weighted by molar-refractivity contribution is 5.93. The van der Waals surface area contributed by atoms with Gasteiger partial charge in [-0.3, -0.25) is 0 Å². The van der Waals surface area contributed by atoms with E-state index in [4.69, 9.17) is 10.00 Å². The van der Waals surface area contributed by atoms with E-state index >= 15 is 0 Å². The van der Waals surface area contributed by atoms with Crippen molar-refractivity contribution in [1.82, 2.24) is 0 Å². The van der Waals surface area contributed by atoms with Crippen molar-refractivity contribution in [1.29, 1.82) is 5.26 Å². The Kier molecular flexibility index (Phi) is 3.49. The SMILES string of the molecule is COC(=O)C(C#N)=C1CCOC2(CCCC2)C1. The molecule has 0 radical (unpaired) electrons. The molecular weight excluding hydrogens is 218 g/mol. The molecule has 1 aliphatic carbocycles. The van der Waals surface area contributed by atoms with Gasteiger partial charge in [-0.2, -0.15) is 5.26 Å². The molecule has 1 aliphatic heterocycles. The lowest BCUT2D eigenvalue weighted by atomic mass is 9.86. The number of carbonyl (C=O) groups excluding carboxylic acids is 1. The van der Waals surface area contributed by atoms with Crippen LogP contribution in [0.25, 0.3) is 0 Å². The van der Waals surface area contributed by atoms with E-state index in [1.165, 1.54) is 20.0 Å². The molecule has 0 aromatic heterocycles. The molecule has 17 heavy (non-hydrogen) atoms. The third kappa shape index (κ3) is 2.34. The monoisotopic (exact) mass is 235 g/mol. The Hall–Kier alpha value is -1.34. The zero-order valence-corrected chi connectivity index (χ0v) is 10.1. The fraction of sp³-hybridized carbons (Fsp3) is 0.692. The van der Waals surface area contributed by atoms with Gasteiger partial charge in [0, 0.05) is 0 Å². The maximum absolute atomic E-state index is 11.5. The number of nitrogens with zero attached hydrogens (tertiary/aromatic N) is 1. The lowest BCUT2D eigenvalue weighted by molar-refractivity contribution is -0.135. The van der Waals surface area contributed by atoms with Crippen LogP contribution in [0.4, 0.5) is 0 Å². The molecule has 4 nitrogen and oxygen atoms in total. The van der Waals surface area contributed by atoms with Gasteiger partial charge in [0.2, 0.25) is 0 Å². The van der Waals surface area contributed by atoms with Gasteiger partial charge in [-0.15, -0.1) is 0 Å². The summed E-state index contributed by atoms with van der Waals surface area (Å²) in [5, 5.41) is 9.06. The van der Waals surface area contributed by atoms with Gasteiger partial charge in [0.15, 0.2) is 0 Å². The molecule has 0 aromatic rings. The highest BCUT2D eigenvalue weighted by atomic mass is 16.5. The van der Waals surface area contributed by atoms with Crippen molar-refractivity contribution in [2.75, 3.05) is 13.7 Å². The van der Waals surface area contributed by atoms with E-state index in [2.05, 4.69) is 4.74 Å². The Morgan fingerprint density at radius 1 is 1.47 bits per heavy atom. The highest BCUT2D eigenvalue weighted by Crippen LogP contribution is 2.42. The number of nitriles is 1. The minimum absolute atomic E-state index is 0.107. The summed E-state index contributed by atoms with van der Waals surface area (Å²) in [7, 11) is 1.31. The van der Waals surface area contributed by atoms with Crippen molar-refractivity contribution >= 4 is 5.97 Å². The predicted molar refractivity (Wildman–Crippen MR) is 61.0 cm³/mol. The van der Waals surface area contributed by atoms with Crippen LogP contribution in [-0.4, -0.2) is 25.3 Å². The average molecular weight is 235 g/mol. The van der Waals surface area contributed by atoms with E-state index in [1.807, 2.05) is 6.07 Å². The summed E-state index contributed by atoms with van der Waals surface area (Å²) < 4.78 is 10.5. The maximum Gasteiger partial charge on any atom is 0.348 e. The minimum atomic E-state index is -0.516. The van der Waals surface area contributed by atoms with Crippen LogP contribution < -0.4 is 0 Å². The van der Waals surface area contributed by atoms with Crippen LogP contribution in [-0.2, 0) is 14.3 Å². The van der Waals surface area contributed by atoms with E-state index in [0.717, 1.165) is 18.4 Å². The maximum atomic E-state index is 11.5. The van der Waals surface area contributed by atoms with Crippen molar-refractivity contribution in [3.63, 3.8) is 0 Å². The first-order valence-electron chi connectivity index (χ1n) is 6.05. The summed E-state index contributed by atoms with van der Waals surface area (Å²) in [6, 6.07) is 1.98. The van der Waals surface area contributed by atoms with Gasteiger partial charge < -0.3 is 9.47 Å². The number of carbonyl (C=O) groups is 1. The second-order valence-electron chi connectivity index (χ2n) is 4.75. The van der Waals surface area contributed by atoms with Gasteiger partial charge in [0.25, 0.3) is 0 Å². The molecule has 0 bridgehead atoms. The van der Waals surface area contributed by atoms with Crippen LogP contribution in [0.2, 0.25) is 0 Å². The number of ether oxygens (including phenoxy) is 2. The molecule has 0 aromatic carbocycles. The molecule has 1 saturated heterocycles. The second kappa shape index (κ2) is 4.89. The molecule has 92 valence electrons. The summed E-state index contributed by atoms with van der Waals surface area (Å²) in [5.41, 5.74) is 0.985. The predicted octanol–water partition coefficient (Wildman–Crippen LogP) is 2.10. The standard InChI is InChI=1S/C13H17NO3/c1-16-12(15)11(9-14)10-4-7-17-13(8-10)5-2-3-6-13/h2-8H2,1H3. The van der Waals surface area contributed by atoms with Crippen molar-refractivity contribution in [2.45, 2.75) is 44.1 Å². The van der Waals surface area contributed by atoms with Gasteiger partial charge in [-0.25, -0.2) is 4.79 Å². The molecule has 0 atom stereocenters. The third-order valence-electron chi connectivity index (χ3n) is 3.72. The largest absolute Gasteiger partial charge is 0.465 e. The fourth-order valence-corrected chi connectivity index (χ4v) is 2.84. The average Bonchev–Trinajstić information content (AvgIpc) is 2.78. The normalized spacial score (nSPS) is 25.4. The first kappa shape index (κ1) is 12.1. The molecule has 2 rings (SSSR count). The second-order valence-corrected chi connectivity index (χ2v) is 4.75. The van der Waals surface area contributed by atoms with Crippen LogP contribution in [0, 0.1) is 11.3 Å². The molecule has 2 fully saturated rings. The lowest BCUT2D eigenvalue weighted by Crippen LogP contribution is -2.34. The Bertz CT molecular complexity index is 386. The fourth-order valence-electron chi connectivity index (χ4n) is 2.84. The molecule has 1 heterocycles. The van der Waals surface area contributed by atoms with E-state index in [9.17, 15) is 4.79 Å². The zero-order valence-electron chi connectivity index (χ0n) is 10.1. The summed E-state index contributed by atoms with van der Waals surface area (Å²) in [5.74, 6) is -0.516. The van der Waals surface area contributed by atoms with E-state index in [-0.39, 0.29) is 11.2 Å². The molecule has 4 heteroatoms.